The highest BCUT2D eigenvalue weighted by Crippen LogP contribution is 2.02. The number of nitrogens with zero attached hydrogens (tertiary/aromatic N) is 2. The maximum Gasteiger partial charge on any atom is 0.232 e. The van der Waals surface area contributed by atoms with Gasteiger partial charge < -0.3 is 9.80 Å². The van der Waals surface area contributed by atoms with Crippen LogP contribution in [0, 0.1) is 0 Å². The molecule has 0 saturated carbocycles. The average molecular weight is 282 g/mol. The van der Waals surface area contributed by atoms with Crippen LogP contribution >= 0.6 is 22.6 Å². The van der Waals surface area contributed by atoms with Gasteiger partial charge in [-0.2, -0.15) is 0 Å². The highest BCUT2D eigenvalue weighted by molar-refractivity contribution is 14.1. The van der Waals surface area contributed by atoms with Crippen molar-refractivity contribution in [3.63, 3.8) is 0 Å². The van der Waals surface area contributed by atoms with Crippen LogP contribution in [0.25, 0.3) is 0 Å². The average Bonchev–Trinajstić information content (AvgIpc) is 2.17. The van der Waals surface area contributed by atoms with Crippen molar-refractivity contribution in [2.24, 2.45) is 0 Å². The Balaban J connectivity index is 2.30. The molecule has 0 aromatic heterocycles. The lowest BCUT2D eigenvalue weighted by atomic mass is 10.3. The number of alkyl halides is 1. The van der Waals surface area contributed by atoms with Gasteiger partial charge in [-0.3, -0.25) is 4.79 Å². The van der Waals surface area contributed by atoms with E-state index in [4.69, 9.17) is 0 Å². The third kappa shape index (κ3) is 2.58. The predicted molar refractivity (Wildman–Crippen MR) is 57.6 cm³/mol. The lowest BCUT2D eigenvalue weighted by molar-refractivity contribution is -0.129. The van der Waals surface area contributed by atoms with Gasteiger partial charge >= 0.3 is 0 Å². The maximum absolute atomic E-state index is 11.3. The Morgan fingerprint density at radius 1 is 1.33 bits per heavy atom. The standard InChI is InChI=1S/C8H15IN2O/c1-2-10-3-5-11(6-4-10)8(12)7-9/h2-7H2,1H3. The number of hydrogen-bond acceptors (Lipinski definition) is 2. The van der Waals surface area contributed by atoms with Gasteiger partial charge in [0.2, 0.25) is 5.91 Å². The lowest BCUT2D eigenvalue weighted by Crippen LogP contribution is -2.48. The largest absolute Gasteiger partial charge is 0.339 e. The highest BCUT2D eigenvalue weighted by atomic mass is 127. The van der Waals surface area contributed by atoms with E-state index in [2.05, 4.69) is 34.4 Å². The van der Waals surface area contributed by atoms with E-state index >= 15 is 0 Å². The molecule has 3 nitrogen and oxygen atoms in total. The molecule has 1 amide bonds. The van der Waals surface area contributed by atoms with E-state index in [1.54, 1.807) is 0 Å². The molecule has 1 fully saturated rings. The molecule has 0 aromatic carbocycles. The molecule has 0 bridgehead atoms. The van der Waals surface area contributed by atoms with E-state index in [0.29, 0.717) is 4.43 Å². The molecule has 0 N–H and O–H groups in total. The first-order chi connectivity index (χ1) is 5.77. The molecular weight excluding hydrogens is 267 g/mol. The second-order valence-corrected chi connectivity index (χ2v) is 3.71. The lowest BCUT2D eigenvalue weighted by Gasteiger charge is -2.33. The van der Waals surface area contributed by atoms with Gasteiger partial charge in [-0.05, 0) is 6.54 Å². The quantitative estimate of drug-likeness (QED) is 0.546. The van der Waals surface area contributed by atoms with Crippen LogP contribution in [0.5, 0.6) is 0 Å². The van der Waals surface area contributed by atoms with Crippen LogP contribution in [0.1, 0.15) is 6.92 Å². The van der Waals surface area contributed by atoms with Gasteiger partial charge in [0.15, 0.2) is 0 Å². The van der Waals surface area contributed by atoms with Crippen molar-refractivity contribution in [1.29, 1.82) is 0 Å². The summed E-state index contributed by atoms with van der Waals surface area (Å²) < 4.78 is 0.615. The van der Waals surface area contributed by atoms with Crippen LogP contribution in [0.4, 0.5) is 0 Å². The minimum Gasteiger partial charge on any atom is -0.339 e. The number of likely N-dealkylation sites (N-methyl/N-ethyl adjacent to an activating group) is 1. The molecule has 0 unspecified atom stereocenters. The van der Waals surface area contributed by atoms with Crippen molar-refractivity contribution in [2.75, 3.05) is 37.2 Å². The minimum absolute atomic E-state index is 0.284. The molecule has 0 spiro atoms. The Bertz CT molecular complexity index is 155. The number of carbonyl (C=O) groups excluding carboxylic acids is 1. The normalized spacial score (nSPS) is 19.7. The zero-order chi connectivity index (χ0) is 8.97. The van der Waals surface area contributed by atoms with Gasteiger partial charge in [-0.1, -0.05) is 29.5 Å². The van der Waals surface area contributed by atoms with E-state index in [-0.39, 0.29) is 5.91 Å². The van der Waals surface area contributed by atoms with Crippen molar-refractivity contribution in [2.45, 2.75) is 6.92 Å². The fourth-order valence-electron chi connectivity index (χ4n) is 1.40. The van der Waals surface area contributed by atoms with Gasteiger partial charge in [-0.15, -0.1) is 0 Å². The summed E-state index contributed by atoms with van der Waals surface area (Å²) in [6.45, 7) is 7.17. The predicted octanol–water partition coefficient (Wildman–Crippen LogP) is 0.585. The smallest absolute Gasteiger partial charge is 0.232 e. The van der Waals surface area contributed by atoms with Crippen LogP contribution in [0.15, 0.2) is 0 Å². The maximum atomic E-state index is 11.3. The molecule has 1 saturated heterocycles. The summed E-state index contributed by atoms with van der Waals surface area (Å²) in [4.78, 5) is 15.6. The van der Waals surface area contributed by atoms with Gasteiger partial charge in [0.25, 0.3) is 0 Å². The molecule has 4 heteroatoms. The van der Waals surface area contributed by atoms with Crippen LogP contribution < -0.4 is 0 Å². The first-order valence-electron chi connectivity index (χ1n) is 4.34. The van der Waals surface area contributed by atoms with Gasteiger partial charge in [-0.25, -0.2) is 0 Å². The van der Waals surface area contributed by atoms with Gasteiger partial charge in [0, 0.05) is 26.2 Å². The van der Waals surface area contributed by atoms with E-state index in [1.165, 1.54) is 0 Å². The Kier molecular flexibility index (Phi) is 4.28. The zero-order valence-corrected chi connectivity index (χ0v) is 9.58. The molecule has 70 valence electrons. The van der Waals surface area contributed by atoms with Crippen LogP contribution in [0.3, 0.4) is 0 Å². The second-order valence-electron chi connectivity index (χ2n) is 2.95. The van der Waals surface area contributed by atoms with Crippen LogP contribution in [-0.2, 0) is 4.79 Å². The van der Waals surface area contributed by atoms with Gasteiger partial charge in [0.1, 0.15) is 0 Å². The molecule has 1 aliphatic rings. The molecule has 0 aliphatic carbocycles. The fraction of sp³-hybridized carbons (Fsp3) is 0.875. The van der Waals surface area contributed by atoms with Crippen molar-refractivity contribution >= 4 is 28.5 Å². The highest BCUT2D eigenvalue weighted by Gasteiger charge is 2.18. The number of halogens is 1. The monoisotopic (exact) mass is 282 g/mol. The molecule has 12 heavy (non-hydrogen) atoms. The third-order valence-corrected chi connectivity index (χ3v) is 2.94. The summed E-state index contributed by atoms with van der Waals surface area (Å²) in [5.74, 6) is 0.284. The minimum atomic E-state index is 0.284. The molecular formula is C8H15IN2O. The first kappa shape index (κ1) is 10.2. The third-order valence-electron chi connectivity index (χ3n) is 2.29. The number of rotatable bonds is 2. The Morgan fingerprint density at radius 3 is 2.33 bits per heavy atom. The summed E-state index contributed by atoms with van der Waals surface area (Å²) in [5.41, 5.74) is 0. The fourth-order valence-corrected chi connectivity index (χ4v) is 1.88. The summed E-state index contributed by atoms with van der Waals surface area (Å²) in [7, 11) is 0. The van der Waals surface area contributed by atoms with E-state index in [9.17, 15) is 4.79 Å². The van der Waals surface area contributed by atoms with Crippen LogP contribution in [0.2, 0.25) is 0 Å². The Morgan fingerprint density at radius 2 is 1.92 bits per heavy atom. The molecule has 0 radical (unpaired) electrons. The summed E-state index contributed by atoms with van der Waals surface area (Å²) in [6, 6.07) is 0. The molecule has 1 rings (SSSR count). The number of piperazine rings is 1. The number of hydrogen-bond donors (Lipinski definition) is 0. The van der Waals surface area contributed by atoms with Crippen molar-refractivity contribution in [3.8, 4) is 0 Å². The Labute approximate surface area is 87.2 Å². The first-order valence-corrected chi connectivity index (χ1v) is 5.86. The summed E-state index contributed by atoms with van der Waals surface area (Å²) in [5, 5.41) is 0. The molecule has 1 heterocycles. The van der Waals surface area contributed by atoms with E-state index < -0.39 is 0 Å². The SMILES string of the molecule is CCN1CCN(C(=O)CI)CC1. The van der Waals surface area contributed by atoms with Crippen molar-refractivity contribution in [1.82, 2.24) is 9.80 Å². The zero-order valence-electron chi connectivity index (χ0n) is 7.42. The second kappa shape index (κ2) is 5.01. The van der Waals surface area contributed by atoms with E-state index in [0.717, 1.165) is 32.7 Å². The van der Waals surface area contributed by atoms with Crippen LogP contribution in [-0.4, -0.2) is 52.9 Å². The summed E-state index contributed by atoms with van der Waals surface area (Å²) >= 11 is 2.13. The topological polar surface area (TPSA) is 23.6 Å². The van der Waals surface area contributed by atoms with E-state index in [1.807, 2.05) is 4.90 Å². The molecule has 0 aromatic rings. The van der Waals surface area contributed by atoms with Crippen molar-refractivity contribution in [3.05, 3.63) is 0 Å². The van der Waals surface area contributed by atoms with Gasteiger partial charge in [0.05, 0.1) is 4.43 Å². The molecule has 0 atom stereocenters. The number of amides is 1. The molecule has 1 aliphatic heterocycles. The number of carbonyl (C=O) groups is 1. The Hall–Kier alpha value is 0.160. The van der Waals surface area contributed by atoms with Crippen molar-refractivity contribution < 1.29 is 4.79 Å². The summed E-state index contributed by atoms with van der Waals surface area (Å²) in [6.07, 6.45) is 0.